The van der Waals surface area contributed by atoms with E-state index >= 15 is 0 Å². The lowest BCUT2D eigenvalue weighted by molar-refractivity contribution is -0.139. The van der Waals surface area contributed by atoms with Crippen molar-refractivity contribution < 1.29 is 14.7 Å². The molecule has 1 aromatic carbocycles. The summed E-state index contributed by atoms with van der Waals surface area (Å²) in [6.45, 7) is 6.22. The van der Waals surface area contributed by atoms with E-state index in [1.54, 1.807) is 23.5 Å². The number of nitrogens with one attached hydrogen (secondary N) is 1. The molecule has 2 N–H and O–H groups in total. The molecule has 0 aliphatic heterocycles. The fourth-order valence-corrected chi connectivity index (χ4v) is 5.67. The maximum absolute atomic E-state index is 12.9. The molecular formula is C26H33N3O3S. The minimum absolute atomic E-state index is 0.168. The lowest BCUT2D eigenvalue weighted by atomic mass is 9.85. The van der Waals surface area contributed by atoms with Crippen LogP contribution >= 0.6 is 11.3 Å². The Bertz CT molecular complexity index is 1120. The maximum Gasteiger partial charge on any atom is 0.326 e. The predicted molar refractivity (Wildman–Crippen MR) is 132 cm³/mol. The third kappa shape index (κ3) is 5.29. The lowest BCUT2D eigenvalue weighted by Crippen LogP contribution is -2.41. The first-order chi connectivity index (χ1) is 15.8. The van der Waals surface area contributed by atoms with Gasteiger partial charge < -0.3 is 15.0 Å². The van der Waals surface area contributed by atoms with Crippen LogP contribution in [0.5, 0.6) is 0 Å². The first-order valence-electron chi connectivity index (χ1n) is 11.9. The topological polar surface area (TPSA) is 84.2 Å². The Morgan fingerprint density at radius 1 is 1.24 bits per heavy atom. The van der Waals surface area contributed by atoms with E-state index in [9.17, 15) is 14.7 Å². The van der Waals surface area contributed by atoms with Crippen molar-refractivity contribution in [1.82, 2.24) is 14.9 Å². The maximum atomic E-state index is 12.9. The van der Waals surface area contributed by atoms with Gasteiger partial charge in [0.15, 0.2) is 0 Å². The van der Waals surface area contributed by atoms with Crippen LogP contribution in [0.1, 0.15) is 80.0 Å². The molecule has 6 nitrogen and oxygen atoms in total. The van der Waals surface area contributed by atoms with Gasteiger partial charge in [0.25, 0.3) is 5.91 Å². The van der Waals surface area contributed by atoms with E-state index in [2.05, 4.69) is 34.3 Å². The Balaban J connectivity index is 1.68. The number of rotatable bonds is 8. The van der Waals surface area contributed by atoms with Crippen molar-refractivity contribution in [3.05, 3.63) is 52.0 Å². The zero-order chi connectivity index (χ0) is 23.5. The second-order valence-corrected chi connectivity index (χ2v) is 10.7. The monoisotopic (exact) mass is 467 g/mol. The Morgan fingerprint density at radius 3 is 2.70 bits per heavy atom. The summed E-state index contributed by atoms with van der Waals surface area (Å²) in [5, 5.41) is 14.3. The van der Waals surface area contributed by atoms with Crippen LogP contribution in [0, 0.1) is 11.8 Å². The molecule has 1 saturated carbocycles. The number of nitrogens with zero attached hydrogens (tertiary/aromatic N) is 2. The van der Waals surface area contributed by atoms with Gasteiger partial charge in [-0.3, -0.25) is 4.79 Å². The number of aliphatic carboxylic acids is 1. The van der Waals surface area contributed by atoms with Gasteiger partial charge >= 0.3 is 5.97 Å². The molecule has 176 valence electrons. The van der Waals surface area contributed by atoms with E-state index in [1.807, 2.05) is 19.9 Å². The number of hydrogen-bond donors (Lipinski definition) is 2. The number of fused-ring (bicyclic) bond motifs is 1. The molecular weight excluding hydrogens is 434 g/mol. The summed E-state index contributed by atoms with van der Waals surface area (Å²) >= 11 is 1.73. The minimum atomic E-state index is -1.01. The standard InChI is InChI=1S/C26H33N3O3S/c1-16(2)13-21(26(31)32)28-25(30)18-10-11-23-20(14-18)27-24(15-19-8-6-12-33-19)29(23)22-9-5-4-7-17(22)3/h6,8,10-12,14,16-17,21-22H,4-5,7,9,13,15H2,1-3H3,(H,28,30)(H,31,32)/t17?,21?,22-/m0/s1. The van der Waals surface area contributed by atoms with Crippen molar-refractivity contribution in [3.8, 4) is 0 Å². The predicted octanol–water partition coefficient (Wildman–Crippen LogP) is 5.67. The average Bonchev–Trinajstić information content (AvgIpc) is 3.40. The van der Waals surface area contributed by atoms with Crippen LogP contribution in [0.4, 0.5) is 0 Å². The van der Waals surface area contributed by atoms with Gasteiger partial charge in [0, 0.05) is 22.9 Å². The summed E-state index contributed by atoms with van der Waals surface area (Å²) in [4.78, 5) is 30.7. The second kappa shape index (κ2) is 10.1. The third-order valence-corrected chi connectivity index (χ3v) is 7.52. The molecule has 2 heterocycles. The number of carboxylic acid groups (broad SMARTS) is 1. The minimum Gasteiger partial charge on any atom is -0.480 e. The Kier molecular flexibility index (Phi) is 7.17. The number of carbonyl (C=O) groups is 2. The smallest absolute Gasteiger partial charge is 0.326 e. The Morgan fingerprint density at radius 2 is 2.03 bits per heavy atom. The van der Waals surface area contributed by atoms with E-state index < -0.39 is 12.0 Å². The molecule has 1 fully saturated rings. The van der Waals surface area contributed by atoms with Crippen LogP contribution in [0.3, 0.4) is 0 Å². The molecule has 1 aliphatic carbocycles. The molecule has 0 bridgehead atoms. The first kappa shape index (κ1) is 23.5. The number of aromatic nitrogens is 2. The number of imidazole rings is 1. The van der Waals surface area contributed by atoms with Gasteiger partial charge in [-0.25, -0.2) is 9.78 Å². The fraction of sp³-hybridized carbons (Fsp3) is 0.500. The number of carboxylic acids is 1. The van der Waals surface area contributed by atoms with E-state index in [4.69, 9.17) is 4.98 Å². The van der Waals surface area contributed by atoms with Gasteiger partial charge in [-0.2, -0.15) is 0 Å². The van der Waals surface area contributed by atoms with Crippen molar-refractivity contribution in [2.75, 3.05) is 0 Å². The highest BCUT2D eigenvalue weighted by Gasteiger charge is 2.28. The molecule has 33 heavy (non-hydrogen) atoms. The van der Waals surface area contributed by atoms with E-state index in [0.717, 1.165) is 29.7 Å². The van der Waals surface area contributed by atoms with Crippen LogP contribution in [0.15, 0.2) is 35.7 Å². The average molecular weight is 468 g/mol. The van der Waals surface area contributed by atoms with Crippen molar-refractivity contribution in [2.45, 2.75) is 71.4 Å². The van der Waals surface area contributed by atoms with Gasteiger partial charge in [-0.05, 0) is 60.7 Å². The van der Waals surface area contributed by atoms with Gasteiger partial charge in [-0.15, -0.1) is 11.3 Å². The second-order valence-electron chi connectivity index (χ2n) is 9.68. The van der Waals surface area contributed by atoms with Crippen LogP contribution in [-0.2, 0) is 11.2 Å². The quantitative estimate of drug-likeness (QED) is 0.447. The molecule has 3 aromatic rings. The molecule has 4 rings (SSSR count). The van der Waals surface area contributed by atoms with Crippen LogP contribution < -0.4 is 5.32 Å². The largest absolute Gasteiger partial charge is 0.480 e. The Hall–Kier alpha value is -2.67. The molecule has 1 amide bonds. The number of carbonyl (C=O) groups excluding carboxylic acids is 1. The molecule has 7 heteroatoms. The SMILES string of the molecule is CC(C)CC(NC(=O)c1ccc2c(c1)nc(Cc1cccs1)n2[C@H]1CCCCC1C)C(=O)O. The molecule has 0 saturated heterocycles. The van der Waals surface area contributed by atoms with Crippen LogP contribution in [0.2, 0.25) is 0 Å². The van der Waals surface area contributed by atoms with Crippen LogP contribution in [-0.4, -0.2) is 32.6 Å². The highest BCUT2D eigenvalue weighted by Crippen LogP contribution is 2.37. The highest BCUT2D eigenvalue weighted by atomic mass is 32.1. The van der Waals surface area contributed by atoms with E-state index in [1.165, 1.54) is 24.1 Å². The number of amides is 1. The summed E-state index contributed by atoms with van der Waals surface area (Å²) in [7, 11) is 0. The van der Waals surface area contributed by atoms with Crippen molar-refractivity contribution in [3.63, 3.8) is 0 Å². The summed E-state index contributed by atoms with van der Waals surface area (Å²) in [5.41, 5.74) is 2.29. The van der Waals surface area contributed by atoms with Crippen LogP contribution in [0.25, 0.3) is 11.0 Å². The third-order valence-electron chi connectivity index (χ3n) is 6.65. The number of benzene rings is 1. The molecule has 2 aromatic heterocycles. The van der Waals surface area contributed by atoms with E-state index in [0.29, 0.717) is 23.9 Å². The summed E-state index contributed by atoms with van der Waals surface area (Å²) in [5.74, 6) is 0.402. The van der Waals surface area contributed by atoms with Gasteiger partial charge in [0.1, 0.15) is 11.9 Å². The van der Waals surface area contributed by atoms with Crippen molar-refractivity contribution in [1.29, 1.82) is 0 Å². The first-order valence-corrected chi connectivity index (χ1v) is 12.8. The molecule has 0 spiro atoms. The lowest BCUT2D eigenvalue weighted by Gasteiger charge is -2.31. The molecule has 1 aliphatic rings. The number of thiophene rings is 1. The van der Waals surface area contributed by atoms with Crippen molar-refractivity contribution in [2.24, 2.45) is 11.8 Å². The molecule has 2 unspecified atom stereocenters. The zero-order valence-electron chi connectivity index (χ0n) is 19.6. The number of hydrogen-bond acceptors (Lipinski definition) is 4. The molecule has 3 atom stereocenters. The normalized spacial score (nSPS) is 19.6. The van der Waals surface area contributed by atoms with E-state index in [-0.39, 0.29) is 11.8 Å². The summed E-state index contributed by atoms with van der Waals surface area (Å²) in [6, 6.07) is 9.29. The van der Waals surface area contributed by atoms with Gasteiger partial charge in [0.2, 0.25) is 0 Å². The molecule has 0 radical (unpaired) electrons. The van der Waals surface area contributed by atoms with Gasteiger partial charge in [-0.1, -0.05) is 39.7 Å². The van der Waals surface area contributed by atoms with Crippen molar-refractivity contribution >= 4 is 34.2 Å². The highest BCUT2D eigenvalue weighted by molar-refractivity contribution is 7.09. The summed E-state index contributed by atoms with van der Waals surface area (Å²) < 4.78 is 2.40. The van der Waals surface area contributed by atoms with Gasteiger partial charge in [0.05, 0.1) is 11.0 Å². The summed E-state index contributed by atoms with van der Waals surface area (Å²) in [6.07, 6.45) is 6.02. The fourth-order valence-electron chi connectivity index (χ4n) is 4.97. The zero-order valence-corrected chi connectivity index (χ0v) is 20.4. The Labute approximate surface area is 199 Å².